The molecule has 7 heavy (non-hydrogen) atoms. The van der Waals surface area contributed by atoms with Gasteiger partial charge in [-0.05, 0) is 6.42 Å². The van der Waals surface area contributed by atoms with Gasteiger partial charge in [-0.3, -0.25) is 4.79 Å². The first-order chi connectivity index (χ1) is 3.34. The van der Waals surface area contributed by atoms with Crippen molar-refractivity contribution in [3.05, 3.63) is 0 Å². The summed E-state index contributed by atoms with van der Waals surface area (Å²) in [5.74, 6) is 0.951. The van der Waals surface area contributed by atoms with Crippen LogP contribution >= 0.6 is 0 Å². The summed E-state index contributed by atoms with van der Waals surface area (Å²) in [5, 5.41) is 0. The zero-order chi connectivity index (χ0) is 5.28. The zero-order valence-corrected chi connectivity index (χ0v) is 4.61. The lowest BCUT2D eigenvalue weighted by molar-refractivity contribution is -0.111. The minimum atomic E-state index is 0.474. The normalized spacial score (nSPS) is 28.1. The van der Waals surface area contributed by atoms with Crippen LogP contribution in [-0.2, 0) is 4.79 Å². The Morgan fingerprint density at radius 3 is 2.57 bits per heavy atom. The maximum absolute atomic E-state index is 10.3. The first-order valence-electron chi connectivity index (χ1n) is 2.87. The number of ketones is 1. The van der Waals surface area contributed by atoms with Gasteiger partial charge in [-0.1, -0.05) is 13.3 Å². The average Bonchev–Trinajstić information content (AvgIpc) is 2.22. The quantitative estimate of drug-likeness (QED) is 0.510. The molecule has 40 valence electrons. The zero-order valence-electron chi connectivity index (χ0n) is 4.61. The van der Waals surface area contributed by atoms with E-state index in [9.17, 15) is 4.79 Å². The lowest BCUT2D eigenvalue weighted by Gasteiger charge is -1.81. The van der Waals surface area contributed by atoms with E-state index >= 15 is 0 Å². The molecule has 0 bridgehead atoms. The van der Waals surface area contributed by atoms with Crippen LogP contribution in [0.2, 0.25) is 0 Å². The van der Waals surface area contributed by atoms with Gasteiger partial charge in [0.05, 0.1) is 0 Å². The molecule has 1 aliphatic rings. The molecule has 0 saturated heterocycles. The molecule has 1 saturated carbocycles. The molecule has 0 spiro atoms. The smallest absolute Gasteiger partial charge is 0.137 e. The predicted octanol–water partition coefficient (Wildman–Crippen LogP) is 1.38. The van der Waals surface area contributed by atoms with Gasteiger partial charge in [0, 0.05) is 12.3 Å². The lowest BCUT2D eigenvalue weighted by atomic mass is 10.2. The van der Waals surface area contributed by atoms with E-state index in [1.165, 1.54) is 0 Å². The fraction of sp³-hybridized carbons (Fsp3) is 0.833. The highest BCUT2D eigenvalue weighted by atomic mass is 16.1. The Morgan fingerprint density at radius 2 is 2.43 bits per heavy atom. The molecular formula is C6H10O. The number of rotatable bonds is 2. The van der Waals surface area contributed by atoms with Gasteiger partial charge >= 0.3 is 0 Å². The number of Topliss-reactive ketones (excluding diaryl/α,β-unsaturated/α-hetero) is 1. The number of hydrogen-bond donors (Lipinski definition) is 0. The molecule has 0 aromatic rings. The second-order valence-electron chi connectivity index (χ2n) is 2.16. The van der Waals surface area contributed by atoms with Crippen LogP contribution in [0.15, 0.2) is 0 Å². The van der Waals surface area contributed by atoms with Crippen molar-refractivity contribution in [1.29, 1.82) is 0 Å². The van der Waals surface area contributed by atoms with Gasteiger partial charge in [0.15, 0.2) is 0 Å². The number of carbonyl (C=O) groups excluding carboxylic acids is 1. The molecule has 1 rings (SSSR count). The van der Waals surface area contributed by atoms with Gasteiger partial charge in [0.1, 0.15) is 5.78 Å². The molecular weight excluding hydrogens is 88.1 g/mol. The van der Waals surface area contributed by atoms with Gasteiger partial charge < -0.3 is 0 Å². The molecule has 1 nitrogen and oxygen atoms in total. The molecule has 0 heterocycles. The average molecular weight is 98.1 g/mol. The molecule has 1 aliphatic carbocycles. The fourth-order valence-electron chi connectivity index (χ4n) is 0.795. The van der Waals surface area contributed by atoms with Crippen molar-refractivity contribution in [2.24, 2.45) is 5.92 Å². The van der Waals surface area contributed by atoms with Crippen molar-refractivity contribution in [3.8, 4) is 0 Å². The number of carbonyl (C=O) groups is 1. The highest BCUT2D eigenvalue weighted by molar-refractivity contribution is 5.95. The Labute approximate surface area is 43.7 Å². The van der Waals surface area contributed by atoms with Crippen molar-refractivity contribution in [2.75, 3.05) is 0 Å². The maximum atomic E-state index is 10.3. The fourth-order valence-corrected chi connectivity index (χ4v) is 0.795. The Morgan fingerprint density at radius 1 is 1.86 bits per heavy atom. The summed E-state index contributed by atoms with van der Waals surface area (Å²) in [4.78, 5) is 10.3. The van der Waals surface area contributed by atoms with Gasteiger partial charge in [-0.15, -0.1) is 0 Å². The maximum Gasteiger partial charge on any atom is 0.137 e. The van der Waals surface area contributed by atoms with Crippen LogP contribution in [-0.4, -0.2) is 5.78 Å². The second kappa shape index (κ2) is 1.65. The van der Waals surface area contributed by atoms with Crippen LogP contribution in [0.4, 0.5) is 0 Å². The van der Waals surface area contributed by atoms with Crippen LogP contribution in [0.1, 0.15) is 26.2 Å². The minimum absolute atomic E-state index is 0.474. The van der Waals surface area contributed by atoms with Crippen molar-refractivity contribution in [2.45, 2.75) is 26.2 Å². The van der Waals surface area contributed by atoms with E-state index in [2.05, 4.69) is 6.92 Å². The molecule has 0 amide bonds. The summed E-state index contributed by atoms with van der Waals surface area (Å²) in [5.41, 5.74) is 0. The van der Waals surface area contributed by atoms with Crippen molar-refractivity contribution in [3.63, 3.8) is 0 Å². The van der Waals surface area contributed by atoms with Gasteiger partial charge in [0.2, 0.25) is 0 Å². The highest BCUT2D eigenvalue weighted by Crippen LogP contribution is 2.28. The number of hydrogen-bond acceptors (Lipinski definition) is 1. The van der Waals surface area contributed by atoms with Gasteiger partial charge in [-0.2, -0.15) is 0 Å². The Bertz CT molecular complexity index is 86.2. The Kier molecular flexibility index (Phi) is 1.13. The summed E-state index contributed by atoms with van der Waals surface area (Å²) >= 11 is 0. The second-order valence-corrected chi connectivity index (χ2v) is 2.16. The molecule has 0 radical (unpaired) electrons. The third-order valence-electron chi connectivity index (χ3n) is 1.38. The van der Waals surface area contributed by atoms with Crippen LogP contribution in [0.3, 0.4) is 0 Å². The third kappa shape index (κ3) is 1.02. The first-order valence-corrected chi connectivity index (χ1v) is 2.87. The first kappa shape index (κ1) is 4.82. The lowest BCUT2D eigenvalue weighted by Crippen LogP contribution is -1.75. The van der Waals surface area contributed by atoms with Crippen LogP contribution in [0.25, 0.3) is 0 Å². The topological polar surface area (TPSA) is 17.1 Å². The van der Waals surface area contributed by atoms with E-state index in [0.717, 1.165) is 19.3 Å². The molecule has 1 atom stereocenters. The molecule has 0 N–H and O–H groups in total. The van der Waals surface area contributed by atoms with E-state index in [0.29, 0.717) is 11.7 Å². The van der Waals surface area contributed by atoms with E-state index < -0.39 is 0 Å². The molecule has 0 aliphatic heterocycles. The van der Waals surface area contributed by atoms with E-state index in [-0.39, 0.29) is 0 Å². The van der Waals surface area contributed by atoms with E-state index in [1.807, 2.05) is 0 Å². The largest absolute Gasteiger partial charge is 0.299 e. The minimum Gasteiger partial charge on any atom is -0.299 e. The highest BCUT2D eigenvalue weighted by Gasteiger charge is 2.32. The van der Waals surface area contributed by atoms with Crippen LogP contribution in [0.5, 0.6) is 0 Å². The monoisotopic (exact) mass is 98.1 g/mol. The van der Waals surface area contributed by atoms with Crippen molar-refractivity contribution >= 4 is 5.78 Å². The summed E-state index contributed by atoms with van der Waals surface area (Å²) in [6, 6.07) is 0. The van der Waals surface area contributed by atoms with Crippen molar-refractivity contribution < 1.29 is 4.79 Å². The van der Waals surface area contributed by atoms with Gasteiger partial charge in [0.25, 0.3) is 0 Å². The molecule has 1 unspecified atom stereocenters. The molecule has 1 heteroatoms. The van der Waals surface area contributed by atoms with Crippen molar-refractivity contribution in [1.82, 2.24) is 0 Å². The summed E-state index contributed by atoms with van der Waals surface area (Å²) < 4.78 is 0. The Balaban J connectivity index is 2.09. The van der Waals surface area contributed by atoms with E-state index in [1.54, 1.807) is 0 Å². The van der Waals surface area contributed by atoms with Gasteiger partial charge in [-0.25, -0.2) is 0 Å². The molecule has 0 aromatic heterocycles. The third-order valence-corrected chi connectivity index (χ3v) is 1.38. The molecule has 1 fully saturated rings. The predicted molar refractivity (Wildman–Crippen MR) is 28.0 cm³/mol. The summed E-state index contributed by atoms with van der Waals surface area (Å²) in [6.45, 7) is 2.12. The van der Waals surface area contributed by atoms with Crippen LogP contribution in [0, 0.1) is 5.92 Å². The summed E-state index contributed by atoms with van der Waals surface area (Å²) in [6.07, 6.45) is 3.16. The molecule has 0 aromatic carbocycles. The Hall–Kier alpha value is -0.330. The standard InChI is InChI=1S/C6H10O/c1-2-3-5-4-6(5)7/h5H,2-4H2,1H3. The van der Waals surface area contributed by atoms with E-state index in [4.69, 9.17) is 0 Å². The van der Waals surface area contributed by atoms with Crippen LogP contribution < -0.4 is 0 Å². The SMILES string of the molecule is CCCC1CC1=O. The summed E-state index contributed by atoms with van der Waals surface area (Å²) in [7, 11) is 0.